The van der Waals surface area contributed by atoms with Gasteiger partial charge in [0.05, 0.1) is 16.6 Å². The molecule has 1 aromatic carbocycles. The van der Waals surface area contributed by atoms with E-state index in [1.165, 1.54) is 0 Å². The van der Waals surface area contributed by atoms with Crippen LogP contribution in [-0.2, 0) is 21.1 Å². The van der Waals surface area contributed by atoms with Crippen molar-refractivity contribution in [3.63, 3.8) is 0 Å². The molecule has 2 fully saturated rings. The van der Waals surface area contributed by atoms with Gasteiger partial charge in [-0.05, 0) is 55.2 Å². The number of fused-ring (bicyclic) bond motifs is 3. The quantitative estimate of drug-likeness (QED) is 0.860. The maximum Gasteiger partial charge on any atom is 0.229 e. The van der Waals surface area contributed by atoms with Crippen LogP contribution in [0.1, 0.15) is 24.8 Å². The van der Waals surface area contributed by atoms with Crippen LogP contribution in [0.3, 0.4) is 0 Å². The van der Waals surface area contributed by atoms with E-state index in [0.717, 1.165) is 24.8 Å². The zero-order valence-corrected chi connectivity index (χ0v) is 13.1. The van der Waals surface area contributed by atoms with Crippen LogP contribution in [0.5, 0.6) is 0 Å². The normalized spacial score (nSPS) is 34.6. The first-order valence-corrected chi connectivity index (χ1v) is 9.53. The molecule has 5 nitrogen and oxygen atoms in total. The first kappa shape index (κ1) is 14.2. The van der Waals surface area contributed by atoms with Gasteiger partial charge in [-0.25, -0.2) is 8.42 Å². The average molecular weight is 320 g/mol. The topological polar surface area (TPSA) is 89.3 Å². The molecule has 22 heavy (non-hydrogen) atoms. The summed E-state index contributed by atoms with van der Waals surface area (Å²) in [5.41, 5.74) is 7.60. The van der Waals surface area contributed by atoms with Gasteiger partial charge in [-0.15, -0.1) is 0 Å². The summed E-state index contributed by atoms with van der Waals surface area (Å²) in [6.45, 7) is 0. The second kappa shape index (κ2) is 4.80. The van der Waals surface area contributed by atoms with Gasteiger partial charge in [0.25, 0.3) is 0 Å². The summed E-state index contributed by atoms with van der Waals surface area (Å²) in [5, 5.41) is 2.88. The van der Waals surface area contributed by atoms with Crippen LogP contribution in [0.25, 0.3) is 0 Å². The standard InChI is InChI=1S/C16H20N2O3S/c17-15-11-2-1-10(7-11)14(15)16(19)18-12-4-3-9-5-6-22(20,21)13(9)8-12/h3-4,8,10-11,14-15H,1-2,5-7,17H2,(H,18,19). The molecule has 118 valence electrons. The van der Waals surface area contributed by atoms with Crippen molar-refractivity contribution in [2.24, 2.45) is 23.5 Å². The van der Waals surface area contributed by atoms with Crippen LogP contribution in [-0.4, -0.2) is 26.1 Å². The maximum absolute atomic E-state index is 12.5. The molecule has 6 heteroatoms. The second-order valence-corrected chi connectivity index (χ2v) is 8.89. The molecular formula is C16H20N2O3S. The Morgan fingerprint density at radius 2 is 2.00 bits per heavy atom. The van der Waals surface area contributed by atoms with Gasteiger partial charge in [-0.2, -0.15) is 0 Å². The van der Waals surface area contributed by atoms with Crippen molar-refractivity contribution in [1.29, 1.82) is 0 Å². The molecule has 1 aromatic rings. The molecule has 0 radical (unpaired) electrons. The number of benzene rings is 1. The molecule has 2 aliphatic carbocycles. The van der Waals surface area contributed by atoms with Crippen LogP contribution < -0.4 is 11.1 Å². The molecule has 1 heterocycles. The van der Waals surface area contributed by atoms with E-state index in [1.807, 2.05) is 0 Å². The molecule has 2 saturated carbocycles. The predicted molar refractivity (Wildman–Crippen MR) is 83.1 cm³/mol. The number of carbonyl (C=O) groups excluding carboxylic acids is 1. The highest BCUT2D eigenvalue weighted by molar-refractivity contribution is 7.91. The third-order valence-corrected chi connectivity index (χ3v) is 7.38. The lowest BCUT2D eigenvalue weighted by molar-refractivity contribution is -0.121. The molecule has 3 N–H and O–H groups in total. The fourth-order valence-corrected chi connectivity index (χ4v) is 6.02. The Hall–Kier alpha value is -1.40. The van der Waals surface area contributed by atoms with Crippen LogP contribution in [0.2, 0.25) is 0 Å². The molecule has 0 spiro atoms. The molecule has 0 saturated heterocycles. The van der Waals surface area contributed by atoms with Crippen molar-refractivity contribution in [2.75, 3.05) is 11.1 Å². The molecule has 1 amide bonds. The smallest absolute Gasteiger partial charge is 0.229 e. The van der Waals surface area contributed by atoms with E-state index in [0.29, 0.717) is 28.8 Å². The number of rotatable bonds is 2. The Morgan fingerprint density at radius 1 is 1.23 bits per heavy atom. The molecular weight excluding hydrogens is 300 g/mol. The lowest BCUT2D eigenvalue weighted by atomic mass is 9.84. The summed E-state index contributed by atoms with van der Waals surface area (Å²) < 4.78 is 23.9. The van der Waals surface area contributed by atoms with E-state index in [9.17, 15) is 13.2 Å². The van der Waals surface area contributed by atoms with Gasteiger partial charge >= 0.3 is 0 Å². The Kier molecular flexibility index (Phi) is 3.10. The number of amides is 1. The van der Waals surface area contributed by atoms with E-state index in [-0.39, 0.29) is 23.6 Å². The molecule has 3 aliphatic rings. The fourth-order valence-electron chi connectivity index (χ4n) is 4.43. The number of hydrogen-bond acceptors (Lipinski definition) is 4. The summed E-state index contributed by atoms with van der Waals surface area (Å²) in [7, 11) is -3.18. The lowest BCUT2D eigenvalue weighted by Crippen LogP contribution is -2.42. The second-order valence-electron chi connectivity index (χ2n) is 6.82. The maximum atomic E-state index is 12.5. The Bertz CT molecular complexity index is 742. The van der Waals surface area contributed by atoms with Crippen molar-refractivity contribution in [3.8, 4) is 0 Å². The van der Waals surface area contributed by atoms with Gasteiger partial charge in [0.15, 0.2) is 9.84 Å². The number of nitrogens with one attached hydrogen (secondary N) is 1. The van der Waals surface area contributed by atoms with Crippen molar-refractivity contribution in [2.45, 2.75) is 36.6 Å². The fraction of sp³-hybridized carbons (Fsp3) is 0.562. The number of aryl methyl sites for hydroxylation is 1. The summed E-state index contributed by atoms with van der Waals surface area (Å²) >= 11 is 0. The van der Waals surface area contributed by atoms with E-state index in [2.05, 4.69) is 5.32 Å². The van der Waals surface area contributed by atoms with Gasteiger partial charge in [0, 0.05) is 11.7 Å². The Balaban J connectivity index is 1.56. The summed E-state index contributed by atoms with van der Waals surface area (Å²) in [4.78, 5) is 12.9. The third-order valence-electron chi connectivity index (χ3n) is 5.59. The van der Waals surface area contributed by atoms with Gasteiger partial charge in [0.1, 0.15) is 0 Å². The zero-order chi connectivity index (χ0) is 15.5. The van der Waals surface area contributed by atoms with Crippen LogP contribution in [0, 0.1) is 17.8 Å². The highest BCUT2D eigenvalue weighted by Crippen LogP contribution is 2.48. The van der Waals surface area contributed by atoms with Crippen LogP contribution in [0.4, 0.5) is 5.69 Å². The largest absolute Gasteiger partial charge is 0.327 e. The molecule has 4 atom stereocenters. The molecule has 2 bridgehead atoms. The summed E-state index contributed by atoms with van der Waals surface area (Å²) in [6.07, 6.45) is 3.82. The number of anilines is 1. The number of sulfone groups is 1. The minimum absolute atomic E-state index is 0.0584. The van der Waals surface area contributed by atoms with Crippen molar-refractivity contribution < 1.29 is 13.2 Å². The first-order valence-electron chi connectivity index (χ1n) is 7.88. The van der Waals surface area contributed by atoms with Crippen molar-refractivity contribution in [3.05, 3.63) is 23.8 Å². The highest BCUT2D eigenvalue weighted by Gasteiger charge is 2.49. The minimum Gasteiger partial charge on any atom is -0.327 e. The zero-order valence-electron chi connectivity index (χ0n) is 12.3. The monoisotopic (exact) mass is 320 g/mol. The van der Waals surface area contributed by atoms with E-state index in [4.69, 9.17) is 5.73 Å². The Morgan fingerprint density at radius 3 is 2.73 bits per heavy atom. The summed E-state index contributed by atoms with van der Waals surface area (Å²) in [5.74, 6) is 0.828. The average Bonchev–Trinajstić information content (AvgIpc) is 3.13. The minimum atomic E-state index is -3.18. The SMILES string of the molecule is NC1C2CCC(C2)C1C(=O)Nc1ccc2c(c1)S(=O)(=O)CC2. The molecule has 1 aliphatic heterocycles. The predicted octanol–water partition coefficient (Wildman–Crippen LogP) is 1.33. The van der Waals surface area contributed by atoms with Gasteiger partial charge in [-0.3, -0.25) is 4.79 Å². The highest BCUT2D eigenvalue weighted by atomic mass is 32.2. The van der Waals surface area contributed by atoms with Gasteiger partial charge in [0.2, 0.25) is 5.91 Å². The van der Waals surface area contributed by atoms with Crippen molar-refractivity contribution >= 4 is 21.4 Å². The number of hydrogen-bond donors (Lipinski definition) is 2. The molecule has 4 unspecified atom stereocenters. The Labute approximate surface area is 130 Å². The lowest BCUT2D eigenvalue weighted by Gasteiger charge is -2.27. The van der Waals surface area contributed by atoms with Crippen LogP contribution in [0.15, 0.2) is 23.1 Å². The number of carbonyl (C=O) groups is 1. The van der Waals surface area contributed by atoms with Crippen molar-refractivity contribution in [1.82, 2.24) is 0 Å². The van der Waals surface area contributed by atoms with Crippen LogP contribution >= 0.6 is 0 Å². The third kappa shape index (κ3) is 2.08. The van der Waals surface area contributed by atoms with E-state index >= 15 is 0 Å². The summed E-state index contributed by atoms with van der Waals surface area (Å²) in [6, 6.07) is 5.12. The first-order chi connectivity index (χ1) is 10.5. The number of nitrogens with two attached hydrogens (primary N) is 1. The van der Waals surface area contributed by atoms with Gasteiger partial charge in [-0.1, -0.05) is 6.07 Å². The molecule has 4 rings (SSSR count). The van der Waals surface area contributed by atoms with E-state index < -0.39 is 9.84 Å². The van der Waals surface area contributed by atoms with Gasteiger partial charge < -0.3 is 11.1 Å². The van der Waals surface area contributed by atoms with E-state index in [1.54, 1.807) is 18.2 Å². The molecule has 0 aromatic heterocycles.